The zero-order valence-corrected chi connectivity index (χ0v) is 12.9. The summed E-state index contributed by atoms with van der Waals surface area (Å²) in [4.78, 5) is 16.2. The molecule has 1 aliphatic heterocycles. The van der Waals surface area contributed by atoms with Crippen molar-refractivity contribution in [3.05, 3.63) is 24.3 Å². The minimum absolute atomic E-state index is 0. The number of benzene rings is 1. The summed E-state index contributed by atoms with van der Waals surface area (Å²) in [5.74, 6) is 0.135. The van der Waals surface area contributed by atoms with Crippen molar-refractivity contribution in [3.8, 4) is 0 Å². The third-order valence-electron chi connectivity index (χ3n) is 3.12. The number of anilines is 2. The standard InChI is InChI=1S/C13H19N3O.2ClH/c1-3-15-8-9-16(13(17)10-14-2)12-7-5-4-6-11(12)15;;/h4-7,14H,3,8-10H2,1-2H3;2*1H. The van der Waals surface area contributed by atoms with Crippen LogP contribution in [0.4, 0.5) is 11.4 Å². The molecule has 19 heavy (non-hydrogen) atoms. The van der Waals surface area contributed by atoms with Crippen LogP contribution in [0.25, 0.3) is 0 Å². The van der Waals surface area contributed by atoms with Gasteiger partial charge in [0.2, 0.25) is 5.91 Å². The zero-order chi connectivity index (χ0) is 12.3. The Bertz CT molecular complexity index is 415. The second-order valence-electron chi connectivity index (χ2n) is 4.14. The Morgan fingerprint density at radius 3 is 2.42 bits per heavy atom. The predicted octanol–water partition coefficient (Wildman–Crippen LogP) is 1.92. The fraction of sp³-hybridized carbons (Fsp3) is 0.462. The Labute approximate surface area is 127 Å². The second kappa shape index (κ2) is 8.25. The summed E-state index contributed by atoms with van der Waals surface area (Å²) in [6, 6.07) is 8.10. The number of nitrogens with one attached hydrogen (secondary N) is 1. The minimum atomic E-state index is 0. The monoisotopic (exact) mass is 305 g/mol. The van der Waals surface area contributed by atoms with E-state index in [1.807, 2.05) is 23.1 Å². The fourth-order valence-electron chi connectivity index (χ4n) is 2.26. The van der Waals surface area contributed by atoms with Crippen LogP contribution in [0.1, 0.15) is 6.92 Å². The number of fused-ring (bicyclic) bond motifs is 1. The first kappa shape index (κ1) is 18.0. The van der Waals surface area contributed by atoms with Crippen LogP contribution >= 0.6 is 24.8 Å². The maximum absolute atomic E-state index is 12.0. The van der Waals surface area contributed by atoms with Crippen LogP contribution < -0.4 is 15.1 Å². The van der Waals surface area contributed by atoms with Crippen molar-refractivity contribution < 1.29 is 4.79 Å². The molecule has 2 rings (SSSR count). The van der Waals surface area contributed by atoms with Gasteiger partial charge in [0.05, 0.1) is 17.9 Å². The van der Waals surface area contributed by atoms with Crippen LogP contribution in [-0.4, -0.2) is 39.1 Å². The molecule has 0 unspecified atom stereocenters. The van der Waals surface area contributed by atoms with Gasteiger partial charge in [-0.1, -0.05) is 12.1 Å². The molecule has 1 aromatic rings. The summed E-state index contributed by atoms with van der Waals surface area (Å²) in [5, 5.41) is 2.92. The molecule has 1 amide bonds. The van der Waals surface area contributed by atoms with E-state index >= 15 is 0 Å². The topological polar surface area (TPSA) is 35.6 Å². The molecular weight excluding hydrogens is 285 g/mol. The van der Waals surface area contributed by atoms with Crippen LogP contribution in [0, 0.1) is 0 Å². The van der Waals surface area contributed by atoms with Crippen LogP contribution in [0.2, 0.25) is 0 Å². The third-order valence-corrected chi connectivity index (χ3v) is 3.12. The van der Waals surface area contributed by atoms with E-state index in [-0.39, 0.29) is 30.7 Å². The summed E-state index contributed by atoms with van der Waals surface area (Å²) in [6.07, 6.45) is 0. The van der Waals surface area contributed by atoms with Gasteiger partial charge in [0.15, 0.2) is 0 Å². The highest BCUT2D eigenvalue weighted by Crippen LogP contribution is 2.32. The van der Waals surface area contributed by atoms with Crippen molar-refractivity contribution in [2.75, 3.05) is 43.0 Å². The van der Waals surface area contributed by atoms with Crippen LogP contribution in [0.5, 0.6) is 0 Å². The molecule has 0 saturated heterocycles. The van der Waals surface area contributed by atoms with E-state index in [1.165, 1.54) is 0 Å². The maximum atomic E-state index is 12.0. The Morgan fingerprint density at radius 2 is 1.84 bits per heavy atom. The Morgan fingerprint density at radius 1 is 1.21 bits per heavy atom. The SMILES string of the molecule is CCN1CCN(C(=O)CNC)c2ccccc21.Cl.Cl. The summed E-state index contributed by atoms with van der Waals surface area (Å²) < 4.78 is 0. The highest BCUT2D eigenvalue weighted by Gasteiger charge is 2.24. The van der Waals surface area contributed by atoms with Crippen molar-refractivity contribution in [2.45, 2.75) is 6.92 Å². The first-order valence-electron chi connectivity index (χ1n) is 6.07. The number of halogens is 2. The number of hydrogen-bond acceptors (Lipinski definition) is 3. The maximum Gasteiger partial charge on any atom is 0.241 e. The van der Waals surface area contributed by atoms with E-state index in [1.54, 1.807) is 7.05 Å². The molecular formula is C13H21Cl2N3O. The van der Waals surface area contributed by atoms with Gasteiger partial charge in [-0.15, -0.1) is 24.8 Å². The van der Waals surface area contributed by atoms with E-state index < -0.39 is 0 Å². The Hall–Kier alpha value is -0.970. The number of carbonyl (C=O) groups excluding carboxylic acids is 1. The van der Waals surface area contributed by atoms with Gasteiger partial charge in [-0.3, -0.25) is 4.79 Å². The van der Waals surface area contributed by atoms with Gasteiger partial charge in [-0.2, -0.15) is 0 Å². The lowest BCUT2D eigenvalue weighted by atomic mass is 10.1. The summed E-state index contributed by atoms with van der Waals surface area (Å²) >= 11 is 0. The molecule has 0 fully saturated rings. The van der Waals surface area contributed by atoms with Gasteiger partial charge in [-0.05, 0) is 26.1 Å². The molecule has 4 nitrogen and oxygen atoms in total. The molecule has 6 heteroatoms. The summed E-state index contributed by atoms with van der Waals surface area (Å²) in [7, 11) is 1.80. The molecule has 108 valence electrons. The molecule has 0 radical (unpaired) electrons. The van der Waals surface area contributed by atoms with Crippen LogP contribution in [0.3, 0.4) is 0 Å². The average molecular weight is 306 g/mol. The molecule has 0 aromatic heterocycles. The number of hydrogen-bond donors (Lipinski definition) is 1. The molecule has 1 heterocycles. The zero-order valence-electron chi connectivity index (χ0n) is 11.3. The van der Waals surface area contributed by atoms with Crippen molar-refractivity contribution in [3.63, 3.8) is 0 Å². The van der Waals surface area contributed by atoms with Gasteiger partial charge in [0.1, 0.15) is 0 Å². The van der Waals surface area contributed by atoms with E-state index in [9.17, 15) is 4.79 Å². The summed E-state index contributed by atoms with van der Waals surface area (Å²) in [6.45, 7) is 5.18. The number of likely N-dealkylation sites (N-methyl/N-ethyl adjacent to an activating group) is 2. The van der Waals surface area contributed by atoms with Crippen molar-refractivity contribution >= 4 is 42.1 Å². The predicted molar refractivity (Wildman–Crippen MR) is 85.1 cm³/mol. The van der Waals surface area contributed by atoms with Crippen LogP contribution in [-0.2, 0) is 4.79 Å². The largest absolute Gasteiger partial charge is 0.368 e. The highest BCUT2D eigenvalue weighted by atomic mass is 35.5. The van der Waals surface area contributed by atoms with E-state index in [0.29, 0.717) is 6.54 Å². The lowest BCUT2D eigenvalue weighted by Gasteiger charge is -2.37. The van der Waals surface area contributed by atoms with Crippen molar-refractivity contribution in [2.24, 2.45) is 0 Å². The van der Waals surface area contributed by atoms with Crippen molar-refractivity contribution in [1.29, 1.82) is 0 Å². The summed E-state index contributed by atoms with van der Waals surface area (Å²) in [5.41, 5.74) is 2.19. The van der Waals surface area contributed by atoms with Crippen molar-refractivity contribution in [1.82, 2.24) is 5.32 Å². The first-order chi connectivity index (χ1) is 8.27. The molecule has 0 bridgehead atoms. The molecule has 0 aliphatic carbocycles. The number of carbonyl (C=O) groups is 1. The van der Waals surface area contributed by atoms with Gasteiger partial charge >= 0.3 is 0 Å². The van der Waals surface area contributed by atoms with E-state index in [0.717, 1.165) is 31.0 Å². The average Bonchev–Trinajstić information content (AvgIpc) is 2.37. The van der Waals surface area contributed by atoms with Gasteiger partial charge in [0.25, 0.3) is 0 Å². The van der Waals surface area contributed by atoms with Gasteiger partial charge < -0.3 is 15.1 Å². The van der Waals surface area contributed by atoms with Crippen LogP contribution in [0.15, 0.2) is 24.3 Å². The van der Waals surface area contributed by atoms with E-state index in [4.69, 9.17) is 0 Å². The molecule has 0 spiro atoms. The number of nitrogens with zero attached hydrogens (tertiary/aromatic N) is 2. The molecule has 0 saturated carbocycles. The van der Waals surface area contributed by atoms with E-state index in [2.05, 4.69) is 23.2 Å². The lowest BCUT2D eigenvalue weighted by Crippen LogP contribution is -2.46. The smallest absolute Gasteiger partial charge is 0.241 e. The number of rotatable bonds is 3. The van der Waals surface area contributed by atoms with Gasteiger partial charge in [0, 0.05) is 19.6 Å². The number of amides is 1. The normalized spacial score (nSPS) is 13.2. The van der Waals surface area contributed by atoms with Gasteiger partial charge in [-0.25, -0.2) is 0 Å². The Kier molecular flexibility index (Phi) is 7.83. The third kappa shape index (κ3) is 3.75. The highest BCUT2D eigenvalue weighted by molar-refractivity contribution is 5.99. The first-order valence-corrected chi connectivity index (χ1v) is 6.07. The second-order valence-corrected chi connectivity index (χ2v) is 4.14. The fourth-order valence-corrected chi connectivity index (χ4v) is 2.26. The molecule has 1 aliphatic rings. The minimum Gasteiger partial charge on any atom is -0.368 e. The number of para-hydroxylation sites is 2. The molecule has 0 atom stereocenters. The lowest BCUT2D eigenvalue weighted by molar-refractivity contribution is -0.117. The Balaban J connectivity index is 0.00000162. The molecule has 1 N–H and O–H groups in total. The quantitative estimate of drug-likeness (QED) is 0.927. The molecule has 1 aromatic carbocycles.